The Morgan fingerprint density at radius 2 is 2.05 bits per heavy atom. The van der Waals surface area contributed by atoms with Crippen molar-refractivity contribution in [3.63, 3.8) is 0 Å². The van der Waals surface area contributed by atoms with Gasteiger partial charge < -0.3 is 14.9 Å². The Balaban J connectivity index is 2.27. The lowest BCUT2D eigenvalue weighted by atomic mass is 10.1. The number of carboxylic acid groups (broad SMARTS) is 1. The molecule has 0 saturated heterocycles. The maximum absolute atomic E-state index is 12.1. The van der Waals surface area contributed by atoms with Gasteiger partial charge in [-0.25, -0.2) is 4.79 Å². The van der Waals surface area contributed by atoms with Crippen LogP contribution in [0.1, 0.15) is 32.2 Å². The average Bonchev–Trinajstić information content (AvgIpc) is 2.71. The van der Waals surface area contributed by atoms with E-state index in [4.69, 9.17) is 9.63 Å². The number of aromatic carboxylic acids is 1. The van der Waals surface area contributed by atoms with Gasteiger partial charge in [0.1, 0.15) is 11.3 Å². The number of aromatic nitrogens is 1. The van der Waals surface area contributed by atoms with Gasteiger partial charge in [-0.15, -0.1) is 0 Å². The second-order valence-electron chi connectivity index (χ2n) is 4.15. The number of aryl methyl sites for hydroxylation is 2. The molecule has 20 heavy (non-hydrogen) atoms. The molecule has 104 valence electrons. The molecule has 0 saturated carbocycles. The van der Waals surface area contributed by atoms with Crippen LogP contribution in [0, 0.1) is 13.8 Å². The van der Waals surface area contributed by atoms with Crippen molar-refractivity contribution in [1.82, 2.24) is 5.16 Å². The van der Waals surface area contributed by atoms with Crippen molar-refractivity contribution in [3.8, 4) is 0 Å². The van der Waals surface area contributed by atoms with Crippen LogP contribution in [0.25, 0.3) is 0 Å². The first-order valence-electron chi connectivity index (χ1n) is 5.67. The van der Waals surface area contributed by atoms with Gasteiger partial charge in [-0.2, -0.15) is 0 Å². The molecule has 1 aromatic carbocycles. The van der Waals surface area contributed by atoms with Crippen LogP contribution < -0.4 is 5.32 Å². The van der Waals surface area contributed by atoms with E-state index in [2.05, 4.69) is 26.4 Å². The third-order valence-electron chi connectivity index (χ3n) is 2.72. The van der Waals surface area contributed by atoms with Crippen molar-refractivity contribution >= 4 is 33.5 Å². The number of carboxylic acids is 1. The predicted molar refractivity (Wildman–Crippen MR) is 75.0 cm³/mol. The Bertz CT molecular complexity index is 674. The fourth-order valence-corrected chi connectivity index (χ4v) is 2.22. The molecule has 7 heteroatoms. The van der Waals surface area contributed by atoms with E-state index in [9.17, 15) is 9.59 Å². The average molecular weight is 339 g/mol. The van der Waals surface area contributed by atoms with Gasteiger partial charge in [-0.3, -0.25) is 4.79 Å². The van der Waals surface area contributed by atoms with E-state index in [-0.39, 0.29) is 11.5 Å². The summed E-state index contributed by atoms with van der Waals surface area (Å²) in [6.45, 7) is 3.32. The van der Waals surface area contributed by atoms with Gasteiger partial charge in [0.15, 0.2) is 0 Å². The maximum Gasteiger partial charge on any atom is 0.335 e. The quantitative estimate of drug-likeness (QED) is 0.897. The summed E-state index contributed by atoms with van der Waals surface area (Å²) >= 11 is 3.23. The Morgan fingerprint density at radius 1 is 1.35 bits per heavy atom. The highest BCUT2D eigenvalue weighted by Crippen LogP contribution is 2.25. The monoisotopic (exact) mass is 338 g/mol. The lowest BCUT2D eigenvalue weighted by Gasteiger charge is -2.07. The molecule has 2 rings (SSSR count). The summed E-state index contributed by atoms with van der Waals surface area (Å²) in [5.74, 6) is -0.961. The van der Waals surface area contributed by atoms with Crippen molar-refractivity contribution in [3.05, 3.63) is 45.3 Å². The summed E-state index contributed by atoms with van der Waals surface area (Å²) in [5.41, 5.74) is 1.48. The number of hydrogen-bond donors (Lipinski definition) is 2. The number of halogens is 1. The molecule has 2 aromatic rings. The van der Waals surface area contributed by atoms with E-state index in [1.54, 1.807) is 13.8 Å². The van der Waals surface area contributed by atoms with Crippen LogP contribution in [-0.2, 0) is 0 Å². The van der Waals surface area contributed by atoms with Crippen LogP contribution in [0.2, 0.25) is 0 Å². The van der Waals surface area contributed by atoms with Crippen molar-refractivity contribution in [2.45, 2.75) is 13.8 Å². The zero-order chi connectivity index (χ0) is 14.9. The molecule has 0 spiro atoms. The minimum absolute atomic E-state index is 0.132. The molecule has 0 fully saturated rings. The fourth-order valence-electron chi connectivity index (χ4n) is 1.74. The van der Waals surface area contributed by atoms with Gasteiger partial charge in [0.25, 0.3) is 5.91 Å². The number of nitrogens with one attached hydrogen (secondary N) is 1. The largest absolute Gasteiger partial charge is 0.478 e. The number of carbonyl (C=O) groups is 2. The molecular weight excluding hydrogens is 328 g/mol. The Labute approximate surface area is 122 Å². The lowest BCUT2D eigenvalue weighted by molar-refractivity contribution is 0.0696. The summed E-state index contributed by atoms with van der Waals surface area (Å²) in [4.78, 5) is 23.0. The minimum atomic E-state index is -1.03. The van der Waals surface area contributed by atoms with E-state index in [0.29, 0.717) is 27.2 Å². The van der Waals surface area contributed by atoms with Gasteiger partial charge in [0.2, 0.25) is 0 Å². The molecular formula is C13H11BrN2O4. The van der Waals surface area contributed by atoms with Gasteiger partial charge in [-0.1, -0.05) is 5.16 Å². The molecule has 0 aliphatic rings. The highest BCUT2D eigenvalue weighted by molar-refractivity contribution is 9.10. The standard InChI is InChI=1S/C13H11BrN2O4/c1-6-11(7(2)20-16-6)12(17)15-10-4-3-8(13(18)19)5-9(10)14/h3-5H,1-2H3,(H,15,17)(H,18,19). The topological polar surface area (TPSA) is 92.4 Å². The molecule has 2 N–H and O–H groups in total. The highest BCUT2D eigenvalue weighted by Gasteiger charge is 2.18. The third-order valence-corrected chi connectivity index (χ3v) is 3.38. The van der Waals surface area contributed by atoms with E-state index in [1.807, 2.05) is 0 Å². The van der Waals surface area contributed by atoms with E-state index in [1.165, 1.54) is 18.2 Å². The molecule has 0 atom stereocenters. The van der Waals surface area contributed by atoms with E-state index >= 15 is 0 Å². The zero-order valence-electron chi connectivity index (χ0n) is 10.7. The number of hydrogen-bond acceptors (Lipinski definition) is 4. The first kappa shape index (κ1) is 14.3. The van der Waals surface area contributed by atoms with Crippen molar-refractivity contribution < 1.29 is 19.2 Å². The molecule has 0 aliphatic heterocycles. The third kappa shape index (κ3) is 2.72. The van der Waals surface area contributed by atoms with Crippen LogP contribution >= 0.6 is 15.9 Å². The summed E-state index contributed by atoms with van der Waals surface area (Å²) in [7, 11) is 0. The normalized spacial score (nSPS) is 10.3. The van der Waals surface area contributed by atoms with Crippen LogP contribution in [0.3, 0.4) is 0 Å². The second-order valence-corrected chi connectivity index (χ2v) is 5.01. The highest BCUT2D eigenvalue weighted by atomic mass is 79.9. The Morgan fingerprint density at radius 3 is 2.55 bits per heavy atom. The molecule has 1 amide bonds. The summed E-state index contributed by atoms with van der Waals surface area (Å²) in [6, 6.07) is 4.35. The molecule has 0 unspecified atom stereocenters. The summed E-state index contributed by atoms with van der Waals surface area (Å²) in [5, 5.41) is 15.3. The summed E-state index contributed by atoms with van der Waals surface area (Å²) in [6.07, 6.45) is 0. The number of rotatable bonds is 3. The number of anilines is 1. The van der Waals surface area contributed by atoms with Crippen LogP contribution in [0.5, 0.6) is 0 Å². The molecule has 0 bridgehead atoms. The second kappa shape index (κ2) is 5.46. The van der Waals surface area contributed by atoms with Crippen LogP contribution in [0.15, 0.2) is 27.2 Å². The maximum atomic E-state index is 12.1. The van der Waals surface area contributed by atoms with Crippen LogP contribution in [-0.4, -0.2) is 22.1 Å². The summed E-state index contributed by atoms with van der Waals surface area (Å²) < 4.78 is 5.42. The number of nitrogens with zero attached hydrogens (tertiary/aromatic N) is 1. The van der Waals surface area contributed by atoms with Gasteiger partial charge in [0, 0.05) is 4.47 Å². The predicted octanol–water partition coefficient (Wildman–Crippen LogP) is 3.00. The number of carbonyl (C=O) groups excluding carboxylic acids is 1. The van der Waals surface area contributed by atoms with Crippen LogP contribution in [0.4, 0.5) is 5.69 Å². The molecule has 1 heterocycles. The van der Waals surface area contributed by atoms with E-state index in [0.717, 1.165) is 0 Å². The van der Waals surface area contributed by atoms with Crippen molar-refractivity contribution in [2.75, 3.05) is 5.32 Å². The van der Waals surface area contributed by atoms with Crippen molar-refractivity contribution in [2.24, 2.45) is 0 Å². The molecule has 6 nitrogen and oxygen atoms in total. The fraction of sp³-hybridized carbons (Fsp3) is 0.154. The first-order valence-corrected chi connectivity index (χ1v) is 6.46. The SMILES string of the molecule is Cc1noc(C)c1C(=O)Nc1ccc(C(=O)O)cc1Br. The zero-order valence-corrected chi connectivity index (χ0v) is 12.3. The first-order chi connectivity index (χ1) is 9.40. The van der Waals surface area contributed by atoms with E-state index < -0.39 is 5.97 Å². The van der Waals surface area contributed by atoms with Gasteiger partial charge >= 0.3 is 5.97 Å². The minimum Gasteiger partial charge on any atom is -0.478 e. The molecule has 0 aliphatic carbocycles. The number of benzene rings is 1. The lowest BCUT2D eigenvalue weighted by Crippen LogP contribution is -2.14. The Hall–Kier alpha value is -2.15. The van der Waals surface area contributed by atoms with Gasteiger partial charge in [-0.05, 0) is 48.0 Å². The van der Waals surface area contributed by atoms with Crippen molar-refractivity contribution in [1.29, 1.82) is 0 Å². The van der Waals surface area contributed by atoms with Gasteiger partial charge in [0.05, 0.1) is 16.9 Å². The smallest absolute Gasteiger partial charge is 0.335 e. The number of amides is 1. The molecule has 1 aromatic heterocycles. The Kier molecular flexibility index (Phi) is 3.89. The molecule has 0 radical (unpaired) electrons.